The van der Waals surface area contributed by atoms with Crippen LogP contribution < -0.4 is 5.32 Å². The summed E-state index contributed by atoms with van der Waals surface area (Å²) in [6.45, 7) is 2.06. The topological polar surface area (TPSA) is 73.1 Å². The van der Waals surface area contributed by atoms with Crippen LogP contribution in [0.4, 0.5) is 0 Å². The van der Waals surface area contributed by atoms with Crippen molar-refractivity contribution in [2.24, 2.45) is 5.92 Å². The highest BCUT2D eigenvalue weighted by atomic mass is 16.4. The van der Waals surface area contributed by atoms with Crippen LogP contribution in [-0.4, -0.2) is 17.1 Å². The predicted molar refractivity (Wildman–Crippen MR) is 76.1 cm³/mol. The van der Waals surface area contributed by atoms with E-state index in [1.54, 1.807) is 6.07 Å². The van der Waals surface area contributed by atoms with E-state index in [9.17, 15) is 4.79 Å². The highest BCUT2D eigenvalue weighted by Crippen LogP contribution is 2.26. The quantitative estimate of drug-likeness (QED) is 0.884. The van der Waals surface area contributed by atoms with Crippen LogP contribution in [0.2, 0.25) is 0 Å². The third-order valence-corrected chi connectivity index (χ3v) is 4.02. The normalized spacial score (nSPS) is 23.8. The molecule has 4 heteroatoms. The summed E-state index contributed by atoms with van der Waals surface area (Å²) in [5.41, 5.74) is 1.73. The third-order valence-electron chi connectivity index (χ3n) is 4.02. The Morgan fingerprint density at radius 3 is 3.00 bits per heavy atom. The molecule has 3 atom stereocenters. The van der Waals surface area contributed by atoms with Gasteiger partial charge in [0.05, 0.1) is 17.6 Å². The van der Waals surface area contributed by atoms with Crippen molar-refractivity contribution < 1.29 is 9.90 Å². The molecule has 0 aliphatic heterocycles. The van der Waals surface area contributed by atoms with Gasteiger partial charge in [-0.25, -0.2) is 0 Å². The number of benzene rings is 1. The van der Waals surface area contributed by atoms with Gasteiger partial charge in [0, 0.05) is 12.1 Å². The SMILES string of the molecule is CC(NC1CCCC(C(=O)O)C1)c1cccc(C#N)c1. The van der Waals surface area contributed by atoms with Crippen molar-refractivity contribution in [1.82, 2.24) is 5.32 Å². The van der Waals surface area contributed by atoms with Gasteiger partial charge in [-0.05, 0) is 43.9 Å². The number of hydrogen-bond acceptors (Lipinski definition) is 3. The summed E-state index contributed by atoms with van der Waals surface area (Å²) in [6.07, 6.45) is 3.45. The van der Waals surface area contributed by atoms with Crippen LogP contribution in [0.5, 0.6) is 0 Å². The summed E-state index contributed by atoms with van der Waals surface area (Å²) in [4.78, 5) is 11.1. The lowest BCUT2D eigenvalue weighted by molar-refractivity contribution is -0.143. The monoisotopic (exact) mass is 272 g/mol. The smallest absolute Gasteiger partial charge is 0.306 e. The molecule has 106 valence electrons. The maximum absolute atomic E-state index is 11.1. The van der Waals surface area contributed by atoms with E-state index in [2.05, 4.69) is 18.3 Å². The lowest BCUT2D eigenvalue weighted by Gasteiger charge is -2.30. The number of carboxylic acids is 1. The Labute approximate surface area is 119 Å². The van der Waals surface area contributed by atoms with Gasteiger partial charge in [-0.2, -0.15) is 5.26 Å². The number of hydrogen-bond donors (Lipinski definition) is 2. The fourth-order valence-electron chi connectivity index (χ4n) is 2.89. The molecule has 0 heterocycles. The minimum absolute atomic E-state index is 0.126. The third kappa shape index (κ3) is 3.58. The number of carboxylic acid groups (broad SMARTS) is 1. The summed E-state index contributed by atoms with van der Waals surface area (Å²) in [7, 11) is 0. The largest absolute Gasteiger partial charge is 0.481 e. The Morgan fingerprint density at radius 2 is 2.30 bits per heavy atom. The van der Waals surface area contributed by atoms with Gasteiger partial charge in [0.15, 0.2) is 0 Å². The van der Waals surface area contributed by atoms with Crippen LogP contribution in [0.25, 0.3) is 0 Å². The van der Waals surface area contributed by atoms with Crippen molar-refractivity contribution in [1.29, 1.82) is 5.26 Å². The number of carbonyl (C=O) groups is 1. The summed E-state index contributed by atoms with van der Waals surface area (Å²) >= 11 is 0. The van der Waals surface area contributed by atoms with Gasteiger partial charge in [0.2, 0.25) is 0 Å². The fourth-order valence-corrected chi connectivity index (χ4v) is 2.89. The fraction of sp³-hybridized carbons (Fsp3) is 0.500. The Balaban J connectivity index is 1.98. The van der Waals surface area contributed by atoms with Gasteiger partial charge >= 0.3 is 5.97 Å². The first-order valence-electron chi connectivity index (χ1n) is 7.09. The Kier molecular flexibility index (Phi) is 4.75. The summed E-state index contributed by atoms with van der Waals surface area (Å²) in [5, 5.41) is 21.5. The molecule has 0 aromatic heterocycles. The molecular formula is C16H20N2O2. The molecule has 1 fully saturated rings. The number of aliphatic carboxylic acids is 1. The molecule has 1 aliphatic rings. The van der Waals surface area contributed by atoms with E-state index in [4.69, 9.17) is 10.4 Å². The molecule has 0 saturated heterocycles. The van der Waals surface area contributed by atoms with E-state index in [0.717, 1.165) is 24.8 Å². The standard InChI is InChI=1S/C16H20N2O2/c1-11(13-5-2-4-12(8-13)10-17)18-15-7-3-6-14(9-15)16(19)20/h2,4-5,8,11,14-15,18H,3,6-7,9H2,1H3,(H,19,20). The molecule has 4 nitrogen and oxygen atoms in total. The number of rotatable bonds is 4. The average molecular weight is 272 g/mol. The van der Waals surface area contributed by atoms with E-state index < -0.39 is 5.97 Å². The Bertz CT molecular complexity index is 521. The molecule has 0 amide bonds. The molecule has 2 N–H and O–H groups in total. The van der Waals surface area contributed by atoms with E-state index in [-0.39, 0.29) is 18.0 Å². The molecule has 1 aromatic carbocycles. The average Bonchev–Trinajstić information content (AvgIpc) is 2.47. The van der Waals surface area contributed by atoms with Crippen molar-refractivity contribution >= 4 is 5.97 Å². The minimum Gasteiger partial charge on any atom is -0.481 e. The van der Waals surface area contributed by atoms with E-state index in [0.29, 0.717) is 12.0 Å². The van der Waals surface area contributed by atoms with Crippen molar-refractivity contribution in [2.75, 3.05) is 0 Å². The van der Waals surface area contributed by atoms with Gasteiger partial charge in [0.1, 0.15) is 0 Å². The second-order valence-electron chi connectivity index (χ2n) is 5.52. The summed E-state index contributed by atoms with van der Waals surface area (Å²) in [6, 6.07) is 10.1. The van der Waals surface area contributed by atoms with E-state index in [1.807, 2.05) is 18.2 Å². The lowest BCUT2D eigenvalue weighted by atomic mass is 9.85. The van der Waals surface area contributed by atoms with Crippen LogP contribution in [0.1, 0.15) is 49.8 Å². The van der Waals surface area contributed by atoms with Crippen LogP contribution in [0, 0.1) is 17.2 Å². The summed E-state index contributed by atoms with van der Waals surface area (Å²) in [5.74, 6) is -0.908. The second kappa shape index (κ2) is 6.53. The van der Waals surface area contributed by atoms with Crippen LogP contribution in [0.15, 0.2) is 24.3 Å². The molecular weight excluding hydrogens is 252 g/mol. The van der Waals surface area contributed by atoms with Gasteiger partial charge in [-0.1, -0.05) is 18.6 Å². The maximum atomic E-state index is 11.1. The molecule has 1 aromatic rings. The van der Waals surface area contributed by atoms with Crippen molar-refractivity contribution in [3.8, 4) is 6.07 Å². The summed E-state index contributed by atoms with van der Waals surface area (Å²) < 4.78 is 0. The van der Waals surface area contributed by atoms with Crippen molar-refractivity contribution in [3.05, 3.63) is 35.4 Å². The Morgan fingerprint density at radius 1 is 1.50 bits per heavy atom. The molecule has 0 bridgehead atoms. The zero-order valence-corrected chi connectivity index (χ0v) is 11.7. The highest BCUT2D eigenvalue weighted by Gasteiger charge is 2.27. The predicted octanol–water partition coefficient (Wildman–Crippen LogP) is 2.85. The van der Waals surface area contributed by atoms with Crippen molar-refractivity contribution in [2.45, 2.75) is 44.7 Å². The molecule has 20 heavy (non-hydrogen) atoms. The van der Waals surface area contributed by atoms with Gasteiger partial charge in [-0.3, -0.25) is 4.79 Å². The first-order valence-corrected chi connectivity index (χ1v) is 7.09. The van der Waals surface area contributed by atoms with Gasteiger partial charge in [-0.15, -0.1) is 0 Å². The molecule has 0 spiro atoms. The molecule has 1 aliphatic carbocycles. The minimum atomic E-state index is -0.685. The van der Waals surface area contributed by atoms with Crippen molar-refractivity contribution in [3.63, 3.8) is 0 Å². The van der Waals surface area contributed by atoms with Crippen LogP contribution >= 0.6 is 0 Å². The van der Waals surface area contributed by atoms with Crippen LogP contribution in [0.3, 0.4) is 0 Å². The molecule has 1 saturated carbocycles. The second-order valence-corrected chi connectivity index (χ2v) is 5.52. The van der Waals surface area contributed by atoms with E-state index in [1.165, 1.54) is 0 Å². The highest BCUT2D eigenvalue weighted by molar-refractivity contribution is 5.70. The molecule has 0 radical (unpaired) electrons. The zero-order valence-electron chi connectivity index (χ0n) is 11.7. The lowest BCUT2D eigenvalue weighted by Crippen LogP contribution is -2.37. The number of nitriles is 1. The van der Waals surface area contributed by atoms with E-state index >= 15 is 0 Å². The van der Waals surface area contributed by atoms with Crippen LogP contribution in [-0.2, 0) is 4.79 Å². The van der Waals surface area contributed by atoms with Gasteiger partial charge < -0.3 is 10.4 Å². The van der Waals surface area contributed by atoms with Gasteiger partial charge in [0.25, 0.3) is 0 Å². The maximum Gasteiger partial charge on any atom is 0.306 e. The first kappa shape index (κ1) is 14.5. The molecule has 3 unspecified atom stereocenters. The number of nitrogens with one attached hydrogen (secondary N) is 1. The number of nitrogens with zero attached hydrogens (tertiary/aromatic N) is 1. The molecule has 2 rings (SSSR count). The zero-order chi connectivity index (χ0) is 14.5. The Hall–Kier alpha value is -1.86. The first-order chi connectivity index (χ1) is 9.60.